The Morgan fingerprint density at radius 2 is 2.10 bits per heavy atom. The molecule has 0 aliphatic carbocycles. The van der Waals surface area contributed by atoms with Crippen LogP contribution in [0.3, 0.4) is 0 Å². The minimum Gasteiger partial charge on any atom is -0.475 e. The zero-order chi connectivity index (χ0) is 15.6. The Kier molecular flexibility index (Phi) is 4.10. The maximum absolute atomic E-state index is 13.0. The highest BCUT2D eigenvalue weighted by atomic mass is 32.2. The molecule has 0 spiro atoms. The topological polar surface area (TPSA) is 96.6 Å². The maximum Gasteiger partial charge on any atom is 0.371 e. The van der Waals surface area contributed by atoms with E-state index in [-0.39, 0.29) is 17.2 Å². The minimum atomic E-state index is -3.94. The number of hydrogen-bond donors (Lipinski definition) is 2. The fraction of sp³-hybridized carbons (Fsp3) is 0.154. The van der Waals surface area contributed by atoms with Crippen LogP contribution in [-0.4, -0.2) is 19.5 Å². The van der Waals surface area contributed by atoms with Gasteiger partial charge in [0.2, 0.25) is 15.8 Å². The number of benzene rings is 1. The van der Waals surface area contributed by atoms with E-state index in [2.05, 4.69) is 4.72 Å². The first-order valence-electron chi connectivity index (χ1n) is 5.87. The average Bonchev–Trinajstić information content (AvgIpc) is 2.80. The van der Waals surface area contributed by atoms with E-state index >= 15 is 0 Å². The van der Waals surface area contributed by atoms with Crippen molar-refractivity contribution in [1.82, 2.24) is 4.72 Å². The average molecular weight is 313 g/mol. The van der Waals surface area contributed by atoms with E-state index in [1.165, 1.54) is 25.1 Å². The van der Waals surface area contributed by atoms with Crippen molar-refractivity contribution in [2.24, 2.45) is 0 Å². The number of rotatable bonds is 5. The molecule has 0 aliphatic rings. The summed E-state index contributed by atoms with van der Waals surface area (Å²) in [4.78, 5) is 10.5. The third-order valence-electron chi connectivity index (χ3n) is 2.73. The maximum atomic E-state index is 13.0. The summed E-state index contributed by atoms with van der Waals surface area (Å²) in [5.74, 6) is -2.32. The highest BCUT2D eigenvalue weighted by Gasteiger charge is 2.23. The molecular formula is C13H12FNO5S. The molecule has 0 aliphatic heterocycles. The molecule has 1 heterocycles. The van der Waals surface area contributed by atoms with Crippen molar-refractivity contribution in [3.8, 4) is 0 Å². The van der Waals surface area contributed by atoms with Crippen LogP contribution in [0.2, 0.25) is 0 Å². The van der Waals surface area contributed by atoms with Crippen molar-refractivity contribution in [2.45, 2.75) is 18.4 Å². The normalized spacial score (nSPS) is 11.5. The van der Waals surface area contributed by atoms with Gasteiger partial charge in [0.15, 0.2) is 0 Å². The van der Waals surface area contributed by atoms with Crippen LogP contribution < -0.4 is 4.72 Å². The largest absolute Gasteiger partial charge is 0.475 e. The second-order valence-corrected chi connectivity index (χ2v) is 6.03. The molecular weight excluding hydrogens is 301 g/mol. The fourth-order valence-corrected chi connectivity index (χ4v) is 2.94. The molecule has 0 unspecified atom stereocenters. The van der Waals surface area contributed by atoms with Gasteiger partial charge in [-0.2, -0.15) is 0 Å². The second-order valence-electron chi connectivity index (χ2n) is 4.29. The predicted octanol–water partition coefficient (Wildman–Crippen LogP) is 1.90. The van der Waals surface area contributed by atoms with Crippen LogP contribution in [-0.2, 0) is 16.6 Å². The van der Waals surface area contributed by atoms with Crippen LogP contribution in [0.5, 0.6) is 0 Å². The van der Waals surface area contributed by atoms with Gasteiger partial charge in [-0.05, 0) is 24.6 Å². The molecule has 21 heavy (non-hydrogen) atoms. The number of hydrogen-bond acceptors (Lipinski definition) is 4. The van der Waals surface area contributed by atoms with Crippen LogP contribution in [0.4, 0.5) is 4.39 Å². The predicted molar refractivity (Wildman–Crippen MR) is 70.8 cm³/mol. The summed E-state index contributed by atoms with van der Waals surface area (Å²) < 4.78 is 44.3. The van der Waals surface area contributed by atoms with Crippen LogP contribution in [0.1, 0.15) is 21.9 Å². The van der Waals surface area contributed by atoms with Gasteiger partial charge in [0.25, 0.3) is 0 Å². The summed E-state index contributed by atoms with van der Waals surface area (Å²) in [6.07, 6.45) is 0. The Labute approximate surface area is 120 Å². The number of sulfonamides is 1. The van der Waals surface area contributed by atoms with Gasteiger partial charge in [-0.25, -0.2) is 22.3 Å². The lowest BCUT2D eigenvalue weighted by atomic mass is 10.2. The van der Waals surface area contributed by atoms with Gasteiger partial charge in [0.05, 0.1) is 0 Å². The van der Waals surface area contributed by atoms with Gasteiger partial charge in [-0.15, -0.1) is 0 Å². The lowest BCUT2D eigenvalue weighted by Crippen LogP contribution is -2.23. The molecule has 2 rings (SSSR count). The molecule has 2 aromatic rings. The Bertz CT molecular complexity index is 782. The second kappa shape index (κ2) is 5.66. The molecule has 112 valence electrons. The first kappa shape index (κ1) is 15.2. The quantitative estimate of drug-likeness (QED) is 0.879. The summed E-state index contributed by atoms with van der Waals surface area (Å²) in [5.41, 5.74) is 0.443. The molecule has 8 heteroatoms. The standard InChI is InChI=1S/C13H12FNO5S/c1-8-12(6-11(20-8)13(16)17)21(18,19)15-7-9-3-2-4-10(14)5-9/h2-6,15H,7H2,1H3,(H,16,17). The Morgan fingerprint density at radius 3 is 2.67 bits per heavy atom. The first-order valence-corrected chi connectivity index (χ1v) is 7.36. The third-order valence-corrected chi connectivity index (χ3v) is 4.24. The van der Waals surface area contributed by atoms with Gasteiger partial charge in [0.1, 0.15) is 16.5 Å². The van der Waals surface area contributed by atoms with Crippen molar-refractivity contribution in [3.05, 3.63) is 53.2 Å². The van der Waals surface area contributed by atoms with Gasteiger partial charge < -0.3 is 9.52 Å². The number of carbonyl (C=O) groups is 1. The number of aromatic carboxylic acids is 1. The van der Waals surface area contributed by atoms with Crippen molar-refractivity contribution < 1.29 is 27.1 Å². The van der Waals surface area contributed by atoms with E-state index in [9.17, 15) is 17.6 Å². The number of nitrogens with one attached hydrogen (secondary N) is 1. The Hall–Kier alpha value is -2.19. The SMILES string of the molecule is Cc1oc(C(=O)O)cc1S(=O)(=O)NCc1cccc(F)c1. The van der Waals surface area contributed by atoms with Crippen LogP contribution >= 0.6 is 0 Å². The fourth-order valence-electron chi connectivity index (χ4n) is 1.74. The molecule has 0 saturated carbocycles. The Morgan fingerprint density at radius 1 is 1.38 bits per heavy atom. The molecule has 1 aromatic carbocycles. The zero-order valence-corrected chi connectivity index (χ0v) is 11.8. The van der Waals surface area contributed by atoms with E-state index < -0.39 is 27.6 Å². The van der Waals surface area contributed by atoms with Crippen molar-refractivity contribution >= 4 is 16.0 Å². The molecule has 0 radical (unpaired) electrons. The summed E-state index contributed by atoms with van der Waals surface area (Å²) in [6, 6.07) is 6.41. The van der Waals surface area contributed by atoms with E-state index in [1.807, 2.05) is 0 Å². The molecule has 0 atom stereocenters. The molecule has 0 saturated heterocycles. The lowest BCUT2D eigenvalue weighted by molar-refractivity contribution is 0.0661. The van der Waals surface area contributed by atoms with Crippen molar-refractivity contribution in [3.63, 3.8) is 0 Å². The van der Waals surface area contributed by atoms with E-state index in [4.69, 9.17) is 9.52 Å². The van der Waals surface area contributed by atoms with Crippen molar-refractivity contribution in [2.75, 3.05) is 0 Å². The van der Waals surface area contributed by atoms with Crippen LogP contribution in [0.25, 0.3) is 0 Å². The van der Waals surface area contributed by atoms with Gasteiger partial charge in [-0.3, -0.25) is 0 Å². The monoisotopic (exact) mass is 313 g/mol. The van der Waals surface area contributed by atoms with E-state index in [1.54, 1.807) is 6.07 Å². The molecule has 0 bridgehead atoms. The number of carboxylic acid groups (broad SMARTS) is 1. The number of carboxylic acids is 1. The van der Waals surface area contributed by atoms with Gasteiger partial charge >= 0.3 is 5.97 Å². The zero-order valence-electron chi connectivity index (χ0n) is 11.0. The van der Waals surface area contributed by atoms with E-state index in [0.29, 0.717) is 5.56 Å². The number of furan rings is 1. The first-order chi connectivity index (χ1) is 9.79. The van der Waals surface area contributed by atoms with Crippen LogP contribution in [0.15, 0.2) is 39.6 Å². The Balaban J connectivity index is 2.21. The minimum absolute atomic E-state index is 0.0286. The molecule has 2 N–H and O–H groups in total. The smallest absolute Gasteiger partial charge is 0.371 e. The van der Waals surface area contributed by atoms with Gasteiger partial charge in [-0.1, -0.05) is 12.1 Å². The summed E-state index contributed by atoms with van der Waals surface area (Å²) in [7, 11) is -3.94. The van der Waals surface area contributed by atoms with E-state index in [0.717, 1.165) is 6.07 Å². The third kappa shape index (κ3) is 3.47. The summed E-state index contributed by atoms with van der Waals surface area (Å²) in [6.45, 7) is 1.23. The highest BCUT2D eigenvalue weighted by Crippen LogP contribution is 2.20. The number of halogens is 1. The molecule has 0 fully saturated rings. The summed E-state index contributed by atoms with van der Waals surface area (Å²) in [5, 5.41) is 8.78. The summed E-state index contributed by atoms with van der Waals surface area (Å²) >= 11 is 0. The molecule has 1 aromatic heterocycles. The number of aryl methyl sites for hydroxylation is 1. The molecule has 6 nitrogen and oxygen atoms in total. The van der Waals surface area contributed by atoms with Crippen molar-refractivity contribution in [1.29, 1.82) is 0 Å². The van der Waals surface area contributed by atoms with Gasteiger partial charge in [0, 0.05) is 12.6 Å². The highest BCUT2D eigenvalue weighted by molar-refractivity contribution is 7.89. The van der Waals surface area contributed by atoms with Crippen LogP contribution in [0, 0.1) is 12.7 Å². The molecule has 0 amide bonds. The lowest BCUT2D eigenvalue weighted by Gasteiger charge is -2.05.